The first-order chi connectivity index (χ1) is 7.63. The van der Waals surface area contributed by atoms with Crippen molar-refractivity contribution in [1.82, 2.24) is 0 Å². The van der Waals surface area contributed by atoms with Gasteiger partial charge in [0, 0.05) is 17.3 Å². The molecule has 0 fully saturated rings. The third kappa shape index (κ3) is 3.95. The highest BCUT2D eigenvalue weighted by molar-refractivity contribution is 6.30. The van der Waals surface area contributed by atoms with E-state index in [0.29, 0.717) is 11.6 Å². The lowest BCUT2D eigenvalue weighted by molar-refractivity contribution is -0.135. The molecule has 0 spiro atoms. The number of carboxylic acids is 1. The van der Waals surface area contributed by atoms with Crippen molar-refractivity contribution in [2.75, 3.05) is 18.0 Å². The normalized spacial score (nSPS) is 10.6. The Morgan fingerprint density at radius 2 is 2.06 bits per heavy atom. The van der Waals surface area contributed by atoms with E-state index in [9.17, 15) is 4.79 Å². The number of hydrogen-bond acceptors (Lipinski definition) is 2. The van der Waals surface area contributed by atoms with Crippen LogP contribution in [0.15, 0.2) is 36.4 Å². The quantitative estimate of drug-likeness (QED) is 0.804. The molecule has 0 radical (unpaired) electrons. The molecule has 0 amide bonds. The van der Waals surface area contributed by atoms with Crippen molar-refractivity contribution in [3.63, 3.8) is 0 Å². The second-order valence-corrected chi connectivity index (χ2v) is 3.76. The maximum Gasteiger partial charge on any atom is 0.323 e. The number of anilines is 1. The lowest BCUT2D eigenvalue weighted by Gasteiger charge is -2.21. The molecule has 0 heterocycles. The number of rotatable bonds is 5. The SMILES string of the molecule is C/C=C/CN(CC(=O)O)c1ccc(Cl)cc1. The van der Waals surface area contributed by atoms with Gasteiger partial charge in [0.25, 0.3) is 0 Å². The number of aliphatic carboxylic acids is 1. The Balaban J connectivity index is 2.82. The van der Waals surface area contributed by atoms with E-state index >= 15 is 0 Å². The summed E-state index contributed by atoms with van der Waals surface area (Å²) < 4.78 is 0. The Kier molecular flexibility index (Phi) is 4.86. The van der Waals surface area contributed by atoms with E-state index < -0.39 is 5.97 Å². The van der Waals surface area contributed by atoms with Gasteiger partial charge in [-0.1, -0.05) is 23.8 Å². The summed E-state index contributed by atoms with van der Waals surface area (Å²) in [5, 5.41) is 9.45. The summed E-state index contributed by atoms with van der Waals surface area (Å²) in [7, 11) is 0. The van der Waals surface area contributed by atoms with Crippen molar-refractivity contribution < 1.29 is 9.90 Å². The van der Waals surface area contributed by atoms with Gasteiger partial charge in [-0.3, -0.25) is 4.79 Å². The van der Waals surface area contributed by atoms with Gasteiger partial charge >= 0.3 is 5.97 Å². The third-order valence-electron chi connectivity index (χ3n) is 2.08. The Hall–Kier alpha value is -1.48. The molecule has 0 aliphatic rings. The molecule has 0 saturated heterocycles. The zero-order valence-electron chi connectivity index (χ0n) is 9.06. The van der Waals surface area contributed by atoms with Gasteiger partial charge in [0.1, 0.15) is 6.54 Å². The minimum Gasteiger partial charge on any atom is -0.480 e. The number of hydrogen-bond donors (Lipinski definition) is 1. The molecular formula is C12H14ClNO2. The summed E-state index contributed by atoms with van der Waals surface area (Å²) in [6.07, 6.45) is 3.81. The van der Waals surface area contributed by atoms with Gasteiger partial charge in [-0.05, 0) is 31.2 Å². The molecule has 4 heteroatoms. The lowest BCUT2D eigenvalue weighted by Crippen LogP contribution is -2.29. The van der Waals surface area contributed by atoms with Crippen LogP contribution in [-0.4, -0.2) is 24.2 Å². The molecule has 1 aromatic carbocycles. The summed E-state index contributed by atoms with van der Waals surface area (Å²) in [5.74, 6) is -0.848. The second kappa shape index (κ2) is 6.18. The molecule has 0 saturated carbocycles. The highest BCUT2D eigenvalue weighted by atomic mass is 35.5. The van der Waals surface area contributed by atoms with E-state index in [4.69, 9.17) is 16.7 Å². The lowest BCUT2D eigenvalue weighted by atomic mass is 10.2. The number of carbonyl (C=O) groups is 1. The molecule has 0 bridgehead atoms. The summed E-state index contributed by atoms with van der Waals surface area (Å²) in [5.41, 5.74) is 0.852. The predicted molar refractivity (Wildman–Crippen MR) is 66.1 cm³/mol. The standard InChI is InChI=1S/C12H14ClNO2/c1-2-3-8-14(9-12(15)16)11-6-4-10(13)5-7-11/h2-7H,8-9H2,1H3,(H,15,16)/b3-2+. The molecule has 16 heavy (non-hydrogen) atoms. The van der Waals surface area contributed by atoms with Crippen molar-refractivity contribution in [3.05, 3.63) is 41.4 Å². The van der Waals surface area contributed by atoms with Crippen LogP contribution in [0.2, 0.25) is 5.02 Å². The van der Waals surface area contributed by atoms with E-state index in [2.05, 4.69) is 0 Å². The maximum atomic E-state index is 10.7. The van der Waals surface area contributed by atoms with Crippen molar-refractivity contribution in [2.24, 2.45) is 0 Å². The minimum atomic E-state index is -0.848. The fraction of sp³-hybridized carbons (Fsp3) is 0.250. The topological polar surface area (TPSA) is 40.5 Å². The fourth-order valence-electron chi connectivity index (χ4n) is 1.31. The third-order valence-corrected chi connectivity index (χ3v) is 2.33. The zero-order chi connectivity index (χ0) is 12.0. The molecule has 1 N–H and O–H groups in total. The van der Waals surface area contributed by atoms with E-state index in [1.165, 1.54) is 0 Å². The van der Waals surface area contributed by atoms with Crippen LogP contribution in [0.5, 0.6) is 0 Å². The first-order valence-electron chi connectivity index (χ1n) is 4.97. The van der Waals surface area contributed by atoms with Gasteiger partial charge in [0.05, 0.1) is 0 Å². The van der Waals surface area contributed by atoms with Crippen LogP contribution >= 0.6 is 11.6 Å². The predicted octanol–water partition coefficient (Wildman–Crippen LogP) is 2.81. The number of carboxylic acid groups (broad SMARTS) is 1. The van der Waals surface area contributed by atoms with Gasteiger partial charge in [0.15, 0.2) is 0 Å². The van der Waals surface area contributed by atoms with Crippen molar-refractivity contribution in [2.45, 2.75) is 6.92 Å². The van der Waals surface area contributed by atoms with Gasteiger partial charge in [-0.25, -0.2) is 0 Å². The fourth-order valence-corrected chi connectivity index (χ4v) is 1.44. The monoisotopic (exact) mass is 239 g/mol. The Bertz CT molecular complexity index is 373. The molecule has 0 atom stereocenters. The van der Waals surface area contributed by atoms with Crippen molar-refractivity contribution >= 4 is 23.3 Å². The zero-order valence-corrected chi connectivity index (χ0v) is 9.81. The van der Waals surface area contributed by atoms with Crippen LogP contribution in [-0.2, 0) is 4.79 Å². The summed E-state index contributed by atoms with van der Waals surface area (Å²) in [6, 6.07) is 7.13. The molecular weight excluding hydrogens is 226 g/mol. The first kappa shape index (κ1) is 12.6. The van der Waals surface area contributed by atoms with Gasteiger partial charge in [-0.15, -0.1) is 0 Å². The molecule has 0 aromatic heterocycles. The molecule has 3 nitrogen and oxygen atoms in total. The van der Waals surface area contributed by atoms with Crippen LogP contribution in [0.3, 0.4) is 0 Å². The van der Waals surface area contributed by atoms with E-state index in [-0.39, 0.29) is 6.54 Å². The van der Waals surface area contributed by atoms with E-state index in [1.54, 1.807) is 17.0 Å². The smallest absolute Gasteiger partial charge is 0.323 e. The van der Waals surface area contributed by atoms with Crippen LogP contribution in [0.25, 0.3) is 0 Å². The van der Waals surface area contributed by atoms with Crippen LogP contribution < -0.4 is 4.90 Å². The molecule has 1 rings (SSSR count). The molecule has 86 valence electrons. The average molecular weight is 240 g/mol. The van der Waals surface area contributed by atoms with E-state index in [0.717, 1.165) is 5.69 Å². The Morgan fingerprint density at radius 1 is 1.44 bits per heavy atom. The van der Waals surface area contributed by atoms with E-state index in [1.807, 2.05) is 31.2 Å². The summed E-state index contributed by atoms with van der Waals surface area (Å²) in [6.45, 7) is 2.46. The number of allylic oxidation sites excluding steroid dienone is 1. The number of halogens is 1. The highest BCUT2D eigenvalue weighted by Crippen LogP contribution is 2.17. The van der Waals surface area contributed by atoms with Crippen LogP contribution in [0.4, 0.5) is 5.69 Å². The van der Waals surface area contributed by atoms with Gasteiger partial charge in [0.2, 0.25) is 0 Å². The second-order valence-electron chi connectivity index (χ2n) is 3.32. The largest absolute Gasteiger partial charge is 0.480 e. The average Bonchev–Trinajstić information content (AvgIpc) is 2.25. The molecule has 0 aliphatic carbocycles. The molecule has 0 aliphatic heterocycles. The van der Waals surface area contributed by atoms with Crippen LogP contribution in [0, 0.1) is 0 Å². The summed E-state index contributed by atoms with van der Waals surface area (Å²) >= 11 is 5.78. The van der Waals surface area contributed by atoms with Crippen molar-refractivity contribution in [3.8, 4) is 0 Å². The Labute approximate surface area is 100.0 Å². The number of benzene rings is 1. The van der Waals surface area contributed by atoms with Gasteiger partial charge < -0.3 is 10.0 Å². The molecule has 1 aromatic rings. The maximum absolute atomic E-state index is 10.7. The minimum absolute atomic E-state index is 0.0219. The Morgan fingerprint density at radius 3 is 2.56 bits per heavy atom. The first-order valence-corrected chi connectivity index (χ1v) is 5.34. The summed E-state index contributed by atoms with van der Waals surface area (Å²) in [4.78, 5) is 12.5. The van der Waals surface area contributed by atoms with Crippen LogP contribution in [0.1, 0.15) is 6.92 Å². The van der Waals surface area contributed by atoms with Gasteiger partial charge in [-0.2, -0.15) is 0 Å². The van der Waals surface area contributed by atoms with Crippen molar-refractivity contribution in [1.29, 1.82) is 0 Å². The highest BCUT2D eigenvalue weighted by Gasteiger charge is 2.08. The number of nitrogens with zero attached hydrogens (tertiary/aromatic N) is 1. The molecule has 0 unspecified atom stereocenters.